The van der Waals surface area contributed by atoms with Crippen LogP contribution in [-0.2, 0) is 23.9 Å². The van der Waals surface area contributed by atoms with Crippen LogP contribution < -0.4 is 15.4 Å². The highest BCUT2D eigenvalue weighted by Gasteiger charge is 2.39. The van der Waals surface area contributed by atoms with Crippen LogP contribution in [0, 0.1) is 5.82 Å². The number of carbonyl (C=O) groups excluding carboxylic acids is 5. The number of carboxylic acids is 1. The molecule has 5 amide bonds. The first-order valence-electron chi connectivity index (χ1n) is 16.1. The van der Waals surface area contributed by atoms with Crippen molar-refractivity contribution in [3.63, 3.8) is 0 Å². The molecule has 0 bridgehead atoms. The highest BCUT2D eigenvalue weighted by atomic mass is 19.1. The van der Waals surface area contributed by atoms with Gasteiger partial charge < -0.3 is 39.9 Å². The molecular formula is C32H39FN6O9. The molecule has 2 atom stereocenters. The number of rotatable bonds is 12. The number of benzene rings is 1. The molecule has 1 aliphatic carbocycles. The predicted octanol–water partition coefficient (Wildman–Crippen LogP) is 1.29. The second-order valence-corrected chi connectivity index (χ2v) is 12.0. The van der Waals surface area contributed by atoms with E-state index >= 15 is 0 Å². The van der Waals surface area contributed by atoms with E-state index in [1.165, 1.54) is 26.8 Å². The van der Waals surface area contributed by atoms with Crippen LogP contribution in [0.1, 0.15) is 55.9 Å². The van der Waals surface area contributed by atoms with Gasteiger partial charge in [0.15, 0.2) is 6.61 Å². The van der Waals surface area contributed by atoms with Gasteiger partial charge in [0.05, 0.1) is 12.1 Å². The average Bonchev–Trinajstić information content (AvgIpc) is 3.02. The van der Waals surface area contributed by atoms with Gasteiger partial charge in [-0.2, -0.15) is 0 Å². The number of aromatic nitrogens is 1. The maximum Gasteiger partial charge on any atom is 0.409 e. The van der Waals surface area contributed by atoms with Crippen LogP contribution >= 0.6 is 0 Å². The third-order valence-electron chi connectivity index (χ3n) is 8.78. The Hall–Kier alpha value is -5.02. The fourth-order valence-electron chi connectivity index (χ4n) is 5.74. The van der Waals surface area contributed by atoms with E-state index in [2.05, 4.69) is 15.6 Å². The van der Waals surface area contributed by atoms with Crippen molar-refractivity contribution in [2.24, 2.45) is 0 Å². The molecule has 1 aromatic carbocycles. The summed E-state index contributed by atoms with van der Waals surface area (Å²) in [6.45, 7) is 2.51. The lowest BCUT2D eigenvalue weighted by Gasteiger charge is -2.41. The lowest BCUT2D eigenvalue weighted by atomic mass is 9.92. The van der Waals surface area contributed by atoms with Crippen molar-refractivity contribution in [1.29, 1.82) is 0 Å². The van der Waals surface area contributed by atoms with Crippen LogP contribution in [0.25, 0.3) is 10.9 Å². The summed E-state index contributed by atoms with van der Waals surface area (Å²) in [5.74, 6) is -3.78. The van der Waals surface area contributed by atoms with Crippen molar-refractivity contribution in [3.8, 4) is 5.75 Å². The maximum atomic E-state index is 14.2. The fourth-order valence-corrected chi connectivity index (χ4v) is 5.74. The molecule has 1 saturated carbocycles. The van der Waals surface area contributed by atoms with Crippen molar-refractivity contribution < 1.29 is 47.7 Å². The first-order valence-corrected chi connectivity index (χ1v) is 16.1. The first-order chi connectivity index (χ1) is 23.0. The Morgan fingerprint density at radius 3 is 2.38 bits per heavy atom. The molecule has 3 fully saturated rings. The van der Waals surface area contributed by atoms with Gasteiger partial charge in [0, 0.05) is 56.6 Å². The Labute approximate surface area is 275 Å². The summed E-state index contributed by atoms with van der Waals surface area (Å²) in [7, 11) is 0. The SMILES string of the molecule is CCOC(=O)N1CCN(C(=O)C(CCC(=O)O)NC(=O)c2cc(OCC(=O)N3CCC3C(=O)NC3CCC3)c3cc(F)ccc3n2)CC1. The van der Waals surface area contributed by atoms with E-state index in [0.29, 0.717) is 13.0 Å². The number of pyridine rings is 1. The molecule has 3 heterocycles. The van der Waals surface area contributed by atoms with Crippen LogP contribution in [0.5, 0.6) is 5.75 Å². The summed E-state index contributed by atoms with van der Waals surface area (Å²) < 4.78 is 25.0. The highest BCUT2D eigenvalue weighted by molar-refractivity contribution is 5.99. The number of aliphatic carboxylic acids is 1. The number of ether oxygens (including phenoxy) is 2. The zero-order chi connectivity index (χ0) is 34.4. The molecular weight excluding hydrogens is 631 g/mol. The van der Waals surface area contributed by atoms with Crippen molar-refractivity contribution >= 4 is 46.6 Å². The molecule has 48 heavy (non-hydrogen) atoms. The van der Waals surface area contributed by atoms with Gasteiger partial charge in [-0.05, 0) is 57.2 Å². The zero-order valence-electron chi connectivity index (χ0n) is 26.6. The van der Waals surface area contributed by atoms with Gasteiger partial charge in [-0.1, -0.05) is 0 Å². The number of nitrogens with one attached hydrogen (secondary N) is 2. The molecule has 2 saturated heterocycles. The predicted molar refractivity (Wildman–Crippen MR) is 166 cm³/mol. The summed E-state index contributed by atoms with van der Waals surface area (Å²) in [6.07, 6.45) is 2.31. The summed E-state index contributed by atoms with van der Waals surface area (Å²) in [5, 5.41) is 15.0. The molecule has 3 aliphatic rings. The van der Waals surface area contributed by atoms with Gasteiger partial charge in [0.2, 0.25) is 11.8 Å². The number of nitrogens with zero attached hydrogens (tertiary/aromatic N) is 4. The third kappa shape index (κ3) is 8.09. The van der Waals surface area contributed by atoms with E-state index in [1.54, 1.807) is 6.92 Å². The molecule has 258 valence electrons. The summed E-state index contributed by atoms with van der Waals surface area (Å²) in [5.41, 5.74) is -0.0322. The average molecular weight is 671 g/mol. The van der Waals surface area contributed by atoms with Gasteiger partial charge in [0.1, 0.15) is 29.3 Å². The minimum atomic E-state index is -1.23. The number of halogens is 1. The van der Waals surface area contributed by atoms with Crippen LogP contribution in [0.2, 0.25) is 0 Å². The molecule has 16 heteroatoms. The van der Waals surface area contributed by atoms with Gasteiger partial charge in [-0.25, -0.2) is 14.2 Å². The second-order valence-electron chi connectivity index (χ2n) is 12.0. The van der Waals surface area contributed by atoms with Crippen LogP contribution in [0.15, 0.2) is 24.3 Å². The fraction of sp³-hybridized carbons (Fsp3) is 0.531. The van der Waals surface area contributed by atoms with Crippen molar-refractivity contribution in [3.05, 3.63) is 35.8 Å². The molecule has 3 N–H and O–H groups in total. The van der Waals surface area contributed by atoms with Crippen molar-refractivity contribution in [2.45, 2.75) is 63.6 Å². The van der Waals surface area contributed by atoms with Crippen molar-refractivity contribution in [1.82, 2.24) is 30.3 Å². The van der Waals surface area contributed by atoms with E-state index in [0.717, 1.165) is 31.4 Å². The van der Waals surface area contributed by atoms with E-state index in [4.69, 9.17) is 9.47 Å². The quantitative estimate of drug-likeness (QED) is 0.297. The zero-order valence-corrected chi connectivity index (χ0v) is 26.6. The highest BCUT2D eigenvalue weighted by Crippen LogP contribution is 2.28. The standard InChI is InChI=1S/C32H39FN6O9/c1-2-47-32(46)38-14-12-37(13-15-38)31(45)23(8-9-28(41)42)36-29(43)24-17-26(21-16-19(33)6-7-22(21)35-24)48-18-27(40)39-11-10-25(39)30(44)34-20-4-3-5-20/h6-7,16-17,20,23,25H,2-5,8-15,18H2,1H3,(H,34,44)(H,36,43)(H,41,42). The molecule has 2 aromatic rings. The monoisotopic (exact) mass is 670 g/mol. The molecule has 15 nitrogen and oxygen atoms in total. The Kier molecular flexibility index (Phi) is 10.9. The van der Waals surface area contributed by atoms with E-state index < -0.39 is 60.7 Å². The Balaban J connectivity index is 1.28. The van der Waals surface area contributed by atoms with Gasteiger partial charge in [-0.3, -0.25) is 24.0 Å². The van der Waals surface area contributed by atoms with E-state index in [1.807, 2.05) is 0 Å². The van der Waals surface area contributed by atoms with Crippen LogP contribution in [0.4, 0.5) is 9.18 Å². The third-order valence-corrected chi connectivity index (χ3v) is 8.78. The molecule has 0 radical (unpaired) electrons. The number of carbonyl (C=O) groups is 6. The number of carboxylic acid groups (broad SMARTS) is 1. The molecule has 2 aliphatic heterocycles. The summed E-state index contributed by atoms with van der Waals surface area (Å²) in [4.78, 5) is 84.6. The smallest absolute Gasteiger partial charge is 0.409 e. The van der Waals surface area contributed by atoms with Gasteiger partial charge >= 0.3 is 12.1 Å². The molecule has 5 rings (SSSR count). The Morgan fingerprint density at radius 1 is 1.02 bits per heavy atom. The van der Waals surface area contributed by atoms with Crippen LogP contribution in [-0.4, -0.2) is 125 Å². The second kappa shape index (κ2) is 15.3. The minimum absolute atomic E-state index is 0.0162. The molecule has 0 spiro atoms. The number of piperazine rings is 1. The summed E-state index contributed by atoms with van der Waals surface area (Å²) in [6, 6.07) is 3.16. The maximum absolute atomic E-state index is 14.2. The number of amides is 5. The molecule has 1 aromatic heterocycles. The lowest BCUT2D eigenvalue weighted by Crippen LogP contribution is -2.60. The number of hydrogen-bond donors (Lipinski definition) is 3. The number of likely N-dealkylation sites (tertiary alicyclic amines) is 1. The minimum Gasteiger partial charge on any atom is -0.483 e. The first kappa shape index (κ1) is 34.3. The normalized spacial score (nSPS) is 18.3. The number of fused-ring (bicyclic) bond motifs is 1. The van der Waals surface area contributed by atoms with E-state index in [-0.39, 0.29) is 73.5 Å². The van der Waals surface area contributed by atoms with Crippen molar-refractivity contribution in [2.75, 3.05) is 45.9 Å². The Morgan fingerprint density at radius 2 is 1.75 bits per heavy atom. The summed E-state index contributed by atoms with van der Waals surface area (Å²) >= 11 is 0. The molecule has 2 unspecified atom stereocenters. The lowest BCUT2D eigenvalue weighted by molar-refractivity contribution is -0.149. The largest absolute Gasteiger partial charge is 0.483 e. The van der Waals surface area contributed by atoms with Gasteiger partial charge in [0.25, 0.3) is 11.8 Å². The van der Waals surface area contributed by atoms with Gasteiger partial charge in [-0.15, -0.1) is 0 Å². The Bertz CT molecular complexity index is 1580. The van der Waals surface area contributed by atoms with Crippen LogP contribution in [0.3, 0.4) is 0 Å². The number of hydrogen-bond acceptors (Lipinski definition) is 9. The topological polar surface area (TPSA) is 188 Å². The van der Waals surface area contributed by atoms with E-state index in [9.17, 15) is 38.3 Å².